The molecule has 1 aliphatic heterocycles. The van der Waals surface area contributed by atoms with Gasteiger partial charge in [-0.3, -0.25) is 4.79 Å². The number of thioether (sulfide) groups is 1. The van der Waals surface area contributed by atoms with E-state index in [1.165, 1.54) is 23.9 Å². The van der Waals surface area contributed by atoms with Gasteiger partial charge in [0.05, 0.1) is 11.5 Å². The van der Waals surface area contributed by atoms with Crippen molar-refractivity contribution in [2.75, 3.05) is 12.0 Å². The van der Waals surface area contributed by atoms with E-state index in [0.29, 0.717) is 21.9 Å². The largest absolute Gasteiger partial charge is 0.435 e. The highest BCUT2D eigenvalue weighted by molar-refractivity contribution is 7.99. The molecule has 0 saturated carbocycles. The van der Waals surface area contributed by atoms with E-state index in [9.17, 15) is 18.0 Å². The highest BCUT2D eigenvalue weighted by Gasteiger charge is 2.62. The number of carbonyl (C=O) groups is 1. The summed E-state index contributed by atoms with van der Waals surface area (Å²) in [5.74, 6) is 0.174. The van der Waals surface area contributed by atoms with Crippen molar-refractivity contribution in [1.29, 1.82) is 0 Å². The molecule has 4 nitrogen and oxygen atoms in total. The number of halogens is 6. The van der Waals surface area contributed by atoms with Crippen LogP contribution in [-0.4, -0.2) is 29.8 Å². The van der Waals surface area contributed by atoms with Crippen LogP contribution in [0.5, 0.6) is 0 Å². The second-order valence-corrected chi connectivity index (χ2v) is 8.95. The summed E-state index contributed by atoms with van der Waals surface area (Å²) in [5.41, 5.74) is -1.87. The van der Waals surface area contributed by atoms with E-state index in [0.717, 1.165) is 12.1 Å². The molecule has 1 atom stereocenters. The molecule has 0 fully saturated rings. The zero-order valence-corrected chi connectivity index (χ0v) is 19.1. The molecule has 2 aromatic rings. The molecule has 0 bridgehead atoms. The summed E-state index contributed by atoms with van der Waals surface area (Å²) >= 11 is 19.5. The molecule has 0 spiro atoms. The molecule has 1 amide bonds. The van der Waals surface area contributed by atoms with Crippen LogP contribution in [0.4, 0.5) is 13.2 Å². The minimum atomic E-state index is -4.78. The Hall–Kier alpha value is -1.61. The molecule has 11 heteroatoms. The molecule has 1 N–H and O–H groups in total. The van der Waals surface area contributed by atoms with Gasteiger partial charge in [0, 0.05) is 39.2 Å². The average Bonchev–Trinajstić information content (AvgIpc) is 3.13. The number of alkyl halides is 3. The van der Waals surface area contributed by atoms with Crippen LogP contribution >= 0.6 is 46.6 Å². The number of hydrogen-bond donors (Lipinski definition) is 1. The summed E-state index contributed by atoms with van der Waals surface area (Å²) in [4.78, 5) is 16.6. The van der Waals surface area contributed by atoms with Crippen molar-refractivity contribution < 1.29 is 22.8 Å². The van der Waals surface area contributed by atoms with Crippen LogP contribution in [0, 0.1) is 0 Å². The second kappa shape index (κ2) is 9.48. The number of oxime groups is 1. The smallest absolute Gasteiger partial charge is 0.374 e. The van der Waals surface area contributed by atoms with E-state index < -0.39 is 18.2 Å². The Labute approximate surface area is 196 Å². The van der Waals surface area contributed by atoms with E-state index in [2.05, 4.69) is 10.5 Å². The lowest BCUT2D eigenvalue weighted by Crippen LogP contribution is -2.42. The monoisotopic (exact) mass is 510 g/mol. The fraction of sp³-hybridized carbons (Fsp3) is 0.300. The lowest BCUT2D eigenvalue weighted by Gasteiger charge is -2.29. The summed E-state index contributed by atoms with van der Waals surface area (Å²) in [5, 5.41) is 6.83. The van der Waals surface area contributed by atoms with Gasteiger partial charge < -0.3 is 10.2 Å². The number of benzene rings is 2. The summed E-state index contributed by atoms with van der Waals surface area (Å²) in [7, 11) is 0. The maximum Gasteiger partial charge on any atom is 0.435 e. The molecule has 1 unspecified atom stereocenters. The van der Waals surface area contributed by atoms with Crippen molar-refractivity contribution in [2.24, 2.45) is 5.16 Å². The maximum atomic E-state index is 14.1. The van der Waals surface area contributed by atoms with Crippen molar-refractivity contribution >= 4 is 58.2 Å². The van der Waals surface area contributed by atoms with Gasteiger partial charge in [-0.05, 0) is 36.1 Å². The fourth-order valence-corrected chi connectivity index (χ4v) is 4.23. The first kappa shape index (κ1) is 24.0. The lowest BCUT2D eigenvalue weighted by atomic mass is 9.86. The first-order chi connectivity index (χ1) is 14.6. The van der Waals surface area contributed by atoms with Crippen molar-refractivity contribution in [3.8, 4) is 0 Å². The molecule has 3 rings (SSSR count). The summed E-state index contributed by atoms with van der Waals surface area (Å²) < 4.78 is 42.3. The van der Waals surface area contributed by atoms with Gasteiger partial charge in [-0.15, -0.1) is 0 Å². The number of nitrogens with one attached hydrogen (secondary N) is 1. The summed E-state index contributed by atoms with van der Waals surface area (Å²) in [6.07, 6.45) is -3.55. The molecule has 31 heavy (non-hydrogen) atoms. The van der Waals surface area contributed by atoms with Crippen molar-refractivity contribution in [3.05, 3.63) is 68.2 Å². The van der Waals surface area contributed by atoms with Gasteiger partial charge in [0.15, 0.2) is 0 Å². The number of rotatable bonds is 6. The van der Waals surface area contributed by atoms with E-state index in [-0.39, 0.29) is 33.8 Å². The van der Waals surface area contributed by atoms with Crippen LogP contribution in [0.2, 0.25) is 15.1 Å². The van der Waals surface area contributed by atoms with E-state index >= 15 is 0 Å². The first-order valence-corrected chi connectivity index (χ1v) is 11.4. The topological polar surface area (TPSA) is 50.7 Å². The number of carbonyl (C=O) groups excluding carboxylic acids is 1. The van der Waals surface area contributed by atoms with Gasteiger partial charge in [-0.1, -0.05) is 52.1 Å². The number of hydrogen-bond acceptors (Lipinski definition) is 4. The molecule has 0 aromatic heterocycles. The van der Waals surface area contributed by atoms with Crippen molar-refractivity contribution in [3.63, 3.8) is 0 Å². The van der Waals surface area contributed by atoms with Gasteiger partial charge in [-0.2, -0.15) is 24.9 Å². The average molecular weight is 512 g/mol. The van der Waals surface area contributed by atoms with Crippen LogP contribution in [0.1, 0.15) is 23.1 Å². The molecule has 1 aliphatic rings. The van der Waals surface area contributed by atoms with Gasteiger partial charge in [0.1, 0.15) is 0 Å². The standard InChI is InChI=1S/C20H16Cl3F3N2O2S/c1-31-10-18(29)27-9-12-3-2-11(4-16(12)23)17-8-19(30-28-17,20(24,25)26)13-5-14(21)7-15(22)6-13/h2-7H,8-10H2,1H3,(H,27,29). The minimum Gasteiger partial charge on any atom is -0.374 e. The highest BCUT2D eigenvalue weighted by Crippen LogP contribution is 2.49. The molecular formula is C20H16Cl3F3N2O2S. The summed E-state index contributed by atoms with van der Waals surface area (Å²) in [6, 6.07) is 8.37. The van der Waals surface area contributed by atoms with Crippen molar-refractivity contribution in [2.45, 2.75) is 24.7 Å². The Morgan fingerprint density at radius 2 is 1.87 bits per heavy atom. The Morgan fingerprint density at radius 3 is 2.45 bits per heavy atom. The van der Waals surface area contributed by atoms with Gasteiger partial charge in [-0.25, -0.2) is 0 Å². The third kappa shape index (κ3) is 5.25. The van der Waals surface area contributed by atoms with E-state index in [4.69, 9.17) is 39.6 Å². The maximum absolute atomic E-state index is 14.1. The molecule has 0 radical (unpaired) electrons. The molecular weight excluding hydrogens is 496 g/mol. The Bertz CT molecular complexity index is 1010. The van der Waals surface area contributed by atoms with Crippen LogP contribution in [0.15, 0.2) is 41.6 Å². The Morgan fingerprint density at radius 1 is 1.19 bits per heavy atom. The lowest BCUT2D eigenvalue weighted by molar-refractivity contribution is -0.275. The van der Waals surface area contributed by atoms with Crippen LogP contribution in [-0.2, 0) is 21.8 Å². The quantitative estimate of drug-likeness (QED) is 0.502. The summed E-state index contributed by atoms with van der Waals surface area (Å²) in [6.45, 7) is 0.203. The van der Waals surface area contributed by atoms with E-state index in [1.54, 1.807) is 12.1 Å². The zero-order chi connectivity index (χ0) is 22.8. The zero-order valence-electron chi connectivity index (χ0n) is 16.0. The van der Waals surface area contributed by atoms with E-state index in [1.807, 2.05) is 6.26 Å². The predicted octanol–water partition coefficient (Wildman–Crippen LogP) is 6.21. The van der Waals surface area contributed by atoms with Crippen LogP contribution < -0.4 is 5.32 Å². The van der Waals surface area contributed by atoms with Crippen LogP contribution in [0.3, 0.4) is 0 Å². The first-order valence-electron chi connectivity index (χ1n) is 8.88. The van der Waals surface area contributed by atoms with Gasteiger partial charge >= 0.3 is 6.18 Å². The molecule has 0 aliphatic carbocycles. The Balaban J connectivity index is 1.85. The highest BCUT2D eigenvalue weighted by atomic mass is 35.5. The number of amides is 1. The third-order valence-electron chi connectivity index (χ3n) is 4.65. The van der Waals surface area contributed by atoms with Crippen LogP contribution in [0.25, 0.3) is 0 Å². The molecule has 2 aromatic carbocycles. The third-order valence-corrected chi connectivity index (χ3v) is 5.99. The Kier molecular flexibility index (Phi) is 7.35. The molecule has 0 saturated heterocycles. The van der Waals surface area contributed by atoms with Gasteiger partial charge in [0.25, 0.3) is 5.60 Å². The minimum absolute atomic E-state index is 0.0547. The van der Waals surface area contributed by atoms with Gasteiger partial charge in [0.2, 0.25) is 5.91 Å². The molecule has 166 valence electrons. The molecule has 1 heterocycles. The normalized spacial score (nSPS) is 18.5. The van der Waals surface area contributed by atoms with Crippen molar-refractivity contribution in [1.82, 2.24) is 5.32 Å². The predicted molar refractivity (Wildman–Crippen MR) is 118 cm³/mol. The SMILES string of the molecule is CSCC(=O)NCc1ccc(C2=NOC(c3cc(Cl)cc(Cl)c3)(C(F)(F)F)C2)cc1Cl. The second-order valence-electron chi connectivity index (χ2n) is 6.80. The number of nitrogens with zero attached hydrogens (tertiary/aromatic N) is 1. The fourth-order valence-electron chi connectivity index (χ4n) is 3.09.